The number of thiophene rings is 1. The van der Waals surface area contributed by atoms with E-state index < -0.39 is 12.0 Å². The minimum Gasteiger partial charge on any atom is -0.477 e. The third-order valence-corrected chi connectivity index (χ3v) is 7.66. The first-order valence-corrected chi connectivity index (χ1v) is 13.4. The van der Waals surface area contributed by atoms with Crippen molar-refractivity contribution >= 4 is 34.8 Å². The molecule has 1 aromatic heterocycles. The number of ether oxygens (including phenoxy) is 1. The molecule has 1 unspecified atom stereocenters. The Bertz CT molecular complexity index is 985. The Morgan fingerprint density at radius 1 is 1.20 bits per heavy atom. The monoisotopic (exact) mass is 502 g/mol. The number of carboxylic acids is 1. The van der Waals surface area contributed by atoms with Gasteiger partial charge in [0.05, 0.1) is 23.8 Å². The first-order chi connectivity index (χ1) is 16.5. The van der Waals surface area contributed by atoms with Crippen LogP contribution < -0.4 is 4.90 Å². The van der Waals surface area contributed by atoms with Crippen molar-refractivity contribution in [1.29, 1.82) is 0 Å². The van der Waals surface area contributed by atoms with Gasteiger partial charge in [-0.3, -0.25) is 14.5 Å². The van der Waals surface area contributed by atoms with Gasteiger partial charge in [-0.25, -0.2) is 4.79 Å². The standard InChI is InChI=1S/C27H38N2O5S/c1-6-21(25(31)28-13-15-34-16-14-28)29(24(30)19-9-7-18(2)8-10-19)22-17-20(11-12-27(3,4)5)35-23(22)26(32)33/h17-19,21H,6-10,13-16H2,1-5H3,(H,32,33). The second-order valence-corrected chi connectivity index (χ2v) is 11.7. The van der Waals surface area contributed by atoms with E-state index in [0.717, 1.165) is 37.0 Å². The number of morpholine rings is 1. The molecule has 1 saturated carbocycles. The molecule has 8 heteroatoms. The fourth-order valence-corrected chi connectivity index (χ4v) is 5.47. The molecule has 1 N–H and O–H groups in total. The third-order valence-electron chi connectivity index (χ3n) is 6.64. The van der Waals surface area contributed by atoms with Crippen molar-refractivity contribution in [2.75, 3.05) is 31.2 Å². The molecular formula is C27H38N2O5S. The predicted molar refractivity (Wildman–Crippen MR) is 138 cm³/mol. The maximum absolute atomic E-state index is 14.0. The summed E-state index contributed by atoms with van der Waals surface area (Å²) < 4.78 is 5.40. The number of carbonyl (C=O) groups excluding carboxylic acids is 2. The number of aromatic carboxylic acids is 1. The molecule has 1 aromatic rings. The van der Waals surface area contributed by atoms with Gasteiger partial charge in [0.2, 0.25) is 11.8 Å². The lowest BCUT2D eigenvalue weighted by atomic mass is 9.82. The summed E-state index contributed by atoms with van der Waals surface area (Å²) in [6.45, 7) is 11.9. The fourth-order valence-electron chi connectivity index (χ4n) is 4.63. The molecule has 2 amide bonds. The van der Waals surface area contributed by atoms with Crippen LogP contribution in [0.1, 0.15) is 81.3 Å². The van der Waals surface area contributed by atoms with Crippen LogP contribution in [0.5, 0.6) is 0 Å². The van der Waals surface area contributed by atoms with E-state index in [9.17, 15) is 19.5 Å². The highest BCUT2D eigenvalue weighted by Gasteiger charge is 2.39. The summed E-state index contributed by atoms with van der Waals surface area (Å²) >= 11 is 1.06. The second-order valence-electron chi connectivity index (χ2n) is 10.7. The molecule has 3 rings (SSSR count). The van der Waals surface area contributed by atoms with Gasteiger partial charge in [-0.05, 0) is 64.9 Å². The van der Waals surface area contributed by atoms with Gasteiger partial charge in [-0.2, -0.15) is 0 Å². The first kappa shape index (κ1) is 27.2. The van der Waals surface area contributed by atoms with Crippen molar-refractivity contribution in [1.82, 2.24) is 4.90 Å². The van der Waals surface area contributed by atoms with Crippen LogP contribution in [0.2, 0.25) is 0 Å². The maximum atomic E-state index is 14.0. The Balaban J connectivity index is 2.07. The molecule has 7 nitrogen and oxygen atoms in total. The van der Waals surface area contributed by atoms with Crippen LogP contribution in [0.4, 0.5) is 5.69 Å². The smallest absolute Gasteiger partial charge is 0.348 e. The van der Waals surface area contributed by atoms with Crippen LogP contribution in [0.25, 0.3) is 0 Å². The average molecular weight is 503 g/mol. The summed E-state index contributed by atoms with van der Waals surface area (Å²) in [6.07, 6.45) is 3.80. The molecule has 35 heavy (non-hydrogen) atoms. The van der Waals surface area contributed by atoms with Gasteiger partial charge in [0.1, 0.15) is 10.9 Å². The van der Waals surface area contributed by atoms with Gasteiger partial charge < -0.3 is 14.7 Å². The SMILES string of the molecule is CCC(C(=O)N1CCOCC1)N(C(=O)C1CCC(C)CC1)c1cc(C#CC(C)(C)C)sc1C(=O)O. The summed E-state index contributed by atoms with van der Waals surface area (Å²) in [7, 11) is 0. The lowest BCUT2D eigenvalue weighted by molar-refractivity contribution is -0.139. The highest BCUT2D eigenvalue weighted by Crippen LogP contribution is 2.37. The Morgan fingerprint density at radius 3 is 2.37 bits per heavy atom. The van der Waals surface area contributed by atoms with Gasteiger partial charge in [0.25, 0.3) is 0 Å². The number of amides is 2. The van der Waals surface area contributed by atoms with E-state index in [0.29, 0.717) is 43.5 Å². The van der Waals surface area contributed by atoms with Crippen molar-refractivity contribution in [2.45, 2.75) is 72.8 Å². The minimum absolute atomic E-state index is 0.0500. The number of hydrogen-bond donors (Lipinski definition) is 1. The van der Waals surface area contributed by atoms with Gasteiger partial charge in [0, 0.05) is 24.4 Å². The zero-order valence-corrected chi connectivity index (χ0v) is 22.4. The van der Waals surface area contributed by atoms with Gasteiger partial charge in [-0.1, -0.05) is 25.7 Å². The molecule has 2 aliphatic rings. The molecule has 2 heterocycles. The lowest BCUT2D eigenvalue weighted by Gasteiger charge is -2.38. The number of nitrogens with zero attached hydrogens (tertiary/aromatic N) is 2. The maximum Gasteiger partial charge on any atom is 0.348 e. The largest absolute Gasteiger partial charge is 0.477 e. The number of rotatable bonds is 6. The average Bonchev–Trinajstić information content (AvgIpc) is 3.25. The van der Waals surface area contributed by atoms with Crippen molar-refractivity contribution in [2.24, 2.45) is 17.3 Å². The molecule has 192 valence electrons. The molecule has 2 fully saturated rings. The number of hydrogen-bond acceptors (Lipinski definition) is 5. The molecular weight excluding hydrogens is 464 g/mol. The number of carboxylic acid groups (broad SMARTS) is 1. The van der Waals surface area contributed by atoms with Crippen molar-refractivity contribution in [3.63, 3.8) is 0 Å². The van der Waals surface area contributed by atoms with Crippen molar-refractivity contribution in [3.8, 4) is 11.8 Å². The number of carbonyl (C=O) groups is 3. The lowest BCUT2D eigenvalue weighted by Crippen LogP contribution is -2.55. The Labute approximate surface area is 212 Å². The molecule has 1 aliphatic heterocycles. The van der Waals surface area contributed by atoms with E-state index >= 15 is 0 Å². The first-order valence-electron chi connectivity index (χ1n) is 12.6. The zero-order chi connectivity index (χ0) is 25.8. The quantitative estimate of drug-likeness (QED) is 0.573. The van der Waals surface area contributed by atoms with Crippen LogP contribution in [0.3, 0.4) is 0 Å². The normalized spacial score (nSPS) is 21.6. The fraction of sp³-hybridized carbons (Fsp3) is 0.667. The van der Waals surface area contributed by atoms with Crippen LogP contribution in [-0.2, 0) is 14.3 Å². The Hall–Kier alpha value is -2.37. The second kappa shape index (κ2) is 11.6. The Kier molecular flexibility index (Phi) is 9.00. The van der Waals surface area contributed by atoms with E-state index in [2.05, 4.69) is 18.8 Å². The van der Waals surface area contributed by atoms with E-state index in [1.807, 2.05) is 27.7 Å². The minimum atomic E-state index is -1.11. The molecule has 1 aliphatic carbocycles. The molecule has 0 bridgehead atoms. The number of anilines is 1. The summed E-state index contributed by atoms with van der Waals surface area (Å²) in [5, 5.41) is 10.0. The van der Waals surface area contributed by atoms with Gasteiger partial charge >= 0.3 is 5.97 Å². The predicted octanol–water partition coefficient (Wildman–Crippen LogP) is 4.64. The van der Waals surface area contributed by atoms with E-state index in [1.54, 1.807) is 11.0 Å². The Morgan fingerprint density at radius 2 is 1.83 bits per heavy atom. The summed E-state index contributed by atoms with van der Waals surface area (Å²) in [5.74, 6) is 5.16. The van der Waals surface area contributed by atoms with E-state index in [4.69, 9.17) is 4.74 Å². The third kappa shape index (κ3) is 6.86. The molecule has 0 radical (unpaired) electrons. The molecule has 1 atom stereocenters. The van der Waals surface area contributed by atoms with Crippen LogP contribution in [0, 0.1) is 29.1 Å². The van der Waals surface area contributed by atoms with Gasteiger partial charge in [0.15, 0.2) is 0 Å². The van der Waals surface area contributed by atoms with E-state index in [-0.39, 0.29) is 33.7 Å². The highest BCUT2D eigenvalue weighted by atomic mass is 32.1. The van der Waals surface area contributed by atoms with Crippen molar-refractivity contribution < 1.29 is 24.2 Å². The highest BCUT2D eigenvalue weighted by molar-refractivity contribution is 7.15. The summed E-state index contributed by atoms with van der Waals surface area (Å²) in [4.78, 5) is 43.8. The van der Waals surface area contributed by atoms with Crippen molar-refractivity contribution in [3.05, 3.63) is 15.8 Å². The molecule has 1 saturated heterocycles. The van der Waals surface area contributed by atoms with Crippen LogP contribution >= 0.6 is 11.3 Å². The summed E-state index contributed by atoms with van der Waals surface area (Å²) in [6, 6.07) is 0.918. The molecule has 0 aromatic carbocycles. The topological polar surface area (TPSA) is 87.2 Å². The van der Waals surface area contributed by atoms with Crippen LogP contribution in [0.15, 0.2) is 6.07 Å². The summed E-state index contributed by atoms with van der Waals surface area (Å²) in [5.41, 5.74) is 0.0397. The van der Waals surface area contributed by atoms with Gasteiger partial charge in [-0.15, -0.1) is 11.3 Å². The van der Waals surface area contributed by atoms with Crippen LogP contribution in [-0.4, -0.2) is 60.1 Å². The molecule has 0 spiro atoms. The van der Waals surface area contributed by atoms with E-state index in [1.165, 1.54) is 4.90 Å². The zero-order valence-electron chi connectivity index (χ0n) is 21.6.